The lowest BCUT2D eigenvalue weighted by Gasteiger charge is -2.33. The molecular weight excluding hydrogens is 238 g/mol. The fourth-order valence-corrected chi connectivity index (χ4v) is 2.59. The number of aromatic nitrogens is 1. The van der Waals surface area contributed by atoms with Gasteiger partial charge in [-0.3, -0.25) is 0 Å². The Labute approximate surface area is 116 Å². The van der Waals surface area contributed by atoms with E-state index in [4.69, 9.17) is 4.74 Å². The summed E-state index contributed by atoms with van der Waals surface area (Å²) in [4.78, 5) is 6.90. The number of methoxy groups -OCH3 is 1. The summed E-state index contributed by atoms with van der Waals surface area (Å²) in [5.74, 6) is 1.72. The first-order valence-electron chi connectivity index (χ1n) is 7.27. The number of rotatable bonds is 6. The average Bonchev–Trinajstić information content (AvgIpc) is 2.46. The van der Waals surface area contributed by atoms with E-state index < -0.39 is 0 Å². The molecule has 1 aromatic heterocycles. The van der Waals surface area contributed by atoms with Crippen molar-refractivity contribution >= 4 is 5.82 Å². The van der Waals surface area contributed by atoms with Gasteiger partial charge < -0.3 is 15.0 Å². The zero-order valence-corrected chi connectivity index (χ0v) is 12.1. The van der Waals surface area contributed by atoms with E-state index in [9.17, 15) is 0 Å². The maximum absolute atomic E-state index is 5.09. The molecule has 0 radical (unpaired) electrons. The molecular formula is C15H25N3O. The predicted molar refractivity (Wildman–Crippen MR) is 78.8 cm³/mol. The quantitative estimate of drug-likeness (QED) is 0.801. The summed E-state index contributed by atoms with van der Waals surface area (Å²) in [5, 5.41) is 3.36. The number of likely N-dealkylation sites (tertiary alicyclic amines) is 1. The van der Waals surface area contributed by atoms with Crippen molar-refractivity contribution in [2.24, 2.45) is 0 Å². The lowest BCUT2D eigenvalue weighted by molar-refractivity contribution is 0.160. The predicted octanol–water partition coefficient (Wildman–Crippen LogP) is 2.77. The zero-order valence-electron chi connectivity index (χ0n) is 12.1. The Morgan fingerprint density at radius 1 is 1.42 bits per heavy atom. The second-order valence-electron chi connectivity index (χ2n) is 5.24. The minimum Gasteiger partial charge on any atom is -0.495 e. The molecule has 4 heteroatoms. The number of piperidine rings is 1. The molecule has 1 atom stereocenters. The summed E-state index contributed by atoms with van der Waals surface area (Å²) in [6.45, 7) is 5.77. The highest BCUT2D eigenvalue weighted by molar-refractivity contribution is 5.37. The molecule has 1 N–H and O–H groups in total. The van der Waals surface area contributed by atoms with Crippen LogP contribution < -0.4 is 10.1 Å². The first-order chi connectivity index (χ1) is 9.29. The summed E-state index contributed by atoms with van der Waals surface area (Å²) in [6, 6.07) is 4.65. The number of nitrogens with one attached hydrogen (secondary N) is 1. The van der Waals surface area contributed by atoms with E-state index in [1.807, 2.05) is 12.1 Å². The van der Waals surface area contributed by atoms with Crippen molar-refractivity contribution in [3.63, 3.8) is 0 Å². The second-order valence-corrected chi connectivity index (χ2v) is 5.24. The van der Waals surface area contributed by atoms with E-state index in [2.05, 4.69) is 22.1 Å². The van der Waals surface area contributed by atoms with Gasteiger partial charge in [0.25, 0.3) is 0 Å². The number of nitrogens with zero attached hydrogens (tertiary/aromatic N) is 2. The van der Waals surface area contributed by atoms with Crippen molar-refractivity contribution in [3.8, 4) is 5.75 Å². The van der Waals surface area contributed by atoms with Crippen molar-refractivity contribution in [1.82, 2.24) is 9.88 Å². The smallest absolute Gasteiger partial charge is 0.137 e. The summed E-state index contributed by atoms with van der Waals surface area (Å²) in [7, 11) is 1.66. The normalized spacial score (nSPS) is 20.2. The SMILES string of the molecule is COc1ccc(NCCCN2CCCCC2C)nc1. The van der Waals surface area contributed by atoms with Gasteiger partial charge in [0.1, 0.15) is 11.6 Å². The van der Waals surface area contributed by atoms with Crippen LogP contribution in [0.2, 0.25) is 0 Å². The minimum absolute atomic E-state index is 0.757. The summed E-state index contributed by atoms with van der Waals surface area (Å²) >= 11 is 0. The molecule has 0 saturated carbocycles. The van der Waals surface area contributed by atoms with Crippen LogP contribution in [-0.4, -0.2) is 42.7 Å². The second kappa shape index (κ2) is 7.34. The van der Waals surface area contributed by atoms with Gasteiger partial charge in [-0.2, -0.15) is 0 Å². The van der Waals surface area contributed by atoms with E-state index >= 15 is 0 Å². The molecule has 0 aromatic carbocycles. The van der Waals surface area contributed by atoms with Gasteiger partial charge in [-0.05, 0) is 44.9 Å². The Bertz CT molecular complexity index is 366. The van der Waals surface area contributed by atoms with Crippen molar-refractivity contribution in [1.29, 1.82) is 0 Å². The molecule has 1 aromatic rings. The molecule has 106 valence electrons. The fraction of sp³-hybridized carbons (Fsp3) is 0.667. The summed E-state index contributed by atoms with van der Waals surface area (Å²) < 4.78 is 5.09. The molecule has 1 saturated heterocycles. The monoisotopic (exact) mass is 263 g/mol. The molecule has 4 nitrogen and oxygen atoms in total. The molecule has 0 spiro atoms. The molecule has 1 unspecified atom stereocenters. The first kappa shape index (κ1) is 14.1. The van der Waals surface area contributed by atoms with Crippen LogP contribution in [-0.2, 0) is 0 Å². The highest BCUT2D eigenvalue weighted by atomic mass is 16.5. The fourth-order valence-electron chi connectivity index (χ4n) is 2.59. The van der Waals surface area contributed by atoms with Crippen LogP contribution in [0.5, 0.6) is 5.75 Å². The van der Waals surface area contributed by atoms with Gasteiger partial charge >= 0.3 is 0 Å². The van der Waals surface area contributed by atoms with Crippen molar-refractivity contribution < 1.29 is 4.74 Å². The Morgan fingerprint density at radius 2 is 2.32 bits per heavy atom. The number of anilines is 1. The van der Waals surface area contributed by atoms with Crippen LogP contribution in [0.15, 0.2) is 18.3 Å². The number of pyridine rings is 1. The van der Waals surface area contributed by atoms with Gasteiger partial charge in [-0.1, -0.05) is 6.42 Å². The van der Waals surface area contributed by atoms with Crippen LogP contribution in [0.25, 0.3) is 0 Å². The van der Waals surface area contributed by atoms with Crippen LogP contribution >= 0.6 is 0 Å². The number of ether oxygens (including phenoxy) is 1. The Balaban J connectivity index is 1.65. The highest BCUT2D eigenvalue weighted by Gasteiger charge is 2.16. The topological polar surface area (TPSA) is 37.4 Å². The van der Waals surface area contributed by atoms with Crippen molar-refractivity contribution in [3.05, 3.63) is 18.3 Å². The lowest BCUT2D eigenvalue weighted by atomic mass is 10.0. The molecule has 1 aliphatic heterocycles. The van der Waals surface area contributed by atoms with E-state index in [0.717, 1.165) is 30.6 Å². The van der Waals surface area contributed by atoms with E-state index in [-0.39, 0.29) is 0 Å². The Morgan fingerprint density at radius 3 is 3.00 bits per heavy atom. The largest absolute Gasteiger partial charge is 0.495 e. The number of hydrogen-bond acceptors (Lipinski definition) is 4. The van der Waals surface area contributed by atoms with E-state index in [1.54, 1.807) is 13.3 Å². The third-order valence-electron chi connectivity index (χ3n) is 3.84. The van der Waals surface area contributed by atoms with Gasteiger partial charge in [-0.25, -0.2) is 4.98 Å². The number of hydrogen-bond donors (Lipinski definition) is 1. The molecule has 2 heterocycles. The Kier molecular flexibility index (Phi) is 5.45. The highest BCUT2D eigenvalue weighted by Crippen LogP contribution is 2.16. The van der Waals surface area contributed by atoms with Crippen molar-refractivity contribution in [2.45, 2.75) is 38.6 Å². The van der Waals surface area contributed by atoms with Crippen molar-refractivity contribution in [2.75, 3.05) is 32.1 Å². The van der Waals surface area contributed by atoms with Gasteiger partial charge in [-0.15, -0.1) is 0 Å². The molecule has 1 aliphatic rings. The molecule has 0 amide bonds. The van der Waals surface area contributed by atoms with Gasteiger partial charge in [0.15, 0.2) is 0 Å². The lowest BCUT2D eigenvalue weighted by Crippen LogP contribution is -2.38. The third kappa shape index (κ3) is 4.39. The van der Waals surface area contributed by atoms with Gasteiger partial charge in [0, 0.05) is 19.1 Å². The summed E-state index contributed by atoms with van der Waals surface area (Å²) in [5.41, 5.74) is 0. The maximum Gasteiger partial charge on any atom is 0.137 e. The van der Waals surface area contributed by atoms with Gasteiger partial charge in [0.2, 0.25) is 0 Å². The summed E-state index contributed by atoms with van der Waals surface area (Å²) in [6.07, 6.45) is 7.02. The Hall–Kier alpha value is -1.29. The average molecular weight is 263 g/mol. The first-order valence-corrected chi connectivity index (χ1v) is 7.27. The minimum atomic E-state index is 0.757. The third-order valence-corrected chi connectivity index (χ3v) is 3.84. The standard InChI is InChI=1S/C15H25N3O/c1-13-6-3-4-10-18(13)11-5-9-16-15-8-7-14(19-2)12-17-15/h7-8,12-13H,3-6,9-11H2,1-2H3,(H,16,17). The molecule has 0 bridgehead atoms. The van der Waals surface area contributed by atoms with Gasteiger partial charge in [0.05, 0.1) is 13.3 Å². The molecule has 2 rings (SSSR count). The van der Waals surface area contributed by atoms with E-state index in [1.165, 1.54) is 32.4 Å². The molecule has 1 fully saturated rings. The molecule has 19 heavy (non-hydrogen) atoms. The van der Waals surface area contributed by atoms with E-state index in [0.29, 0.717) is 0 Å². The van der Waals surface area contributed by atoms with Crippen LogP contribution in [0.4, 0.5) is 5.82 Å². The molecule has 0 aliphatic carbocycles. The zero-order chi connectivity index (χ0) is 13.5. The van der Waals surface area contributed by atoms with Crippen LogP contribution in [0.1, 0.15) is 32.6 Å². The van der Waals surface area contributed by atoms with Crippen LogP contribution in [0, 0.1) is 0 Å². The maximum atomic E-state index is 5.09. The van der Waals surface area contributed by atoms with Crippen LogP contribution in [0.3, 0.4) is 0 Å².